The van der Waals surface area contributed by atoms with Gasteiger partial charge in [-0.2, -0.15) is 0 Å². The minimum absolute atomic E-state index is 0. The van der Waals surface area contributed by atoms with Gasteiger partial charge in [-0.05, 0) is 25.0 Å². The fourth-order valence-electron chi connectivity index (χ4n) is 3.01. The van der Waals surface area contributed by atoms with E-state index in [4.69, 9.17) is 9.84 Å². The van der Waals surface area contributed by atoms with Crippen LogP contribution in [0.5, 0.6) is 0 Å². The molecule has 0 amide bonds. The molecule has 150 valence electrons. The van der Waals surface area contributed by atoms with E-state index in [1.165, 1.54) is 15.9 Å². The Morgan fingerprint density at radius 3 is 2.52 bits per heavy atom. The van der Waals surface area contributed by atoms with Gasteiger partial charge >= 0.3 is 41.6 Å². The number of ether oxygens (including phenoxy) is 1. The second-order valence-electron chi connectivity index (χ2n) is 6.51. The number of aliphatic carboxylic acids is 1. The number of hydrogen-bond acceptors (Lipinski definition) is 6. The van der Waals surface area contributed by atoms with Gasteiger partial charge in [0.1, 0.15) is 5.69 Å². The van der Waals surface area contributed by atoms with Gasteiger partial charge in [-0.15, -0.1) is 11.3 Å². The van der Waals surface area contributed by atoms with E-state index in [1.54, 1.807) is 5.51 Å². The van der Waals surface area contributed by atoms with E-state index in [0.29, 0.717) is 23.6 Å². The van der Waals surface area contributed by atoms with Crippen LogP contribution in [-0.4, -0.2) is 67.9 Å². The van der Waals surface area contributed by atoms with E-state index in [1.807, 2.05) is 29.6 Å². The number of nitrogens with zero attached hydrogens (tertiary/aromatic N) is 3. The topological polar surface area (TPSA) is 94.3 Å². The summed E-state index contributed by atoms with van der Waals surface area (Å²) in [4.78, 5) is 32.0. The molecular formula is C20H24N3NaO4S. The summed E-state index contributed by atoms with van der Waals surface area (Å²) >= 11 is 1.45. The van der Waals surface area contributed by atoms with Gasteiger partial charge in [-0.3, -0.25) is 4.79 Å². The molecule has 1 N–H and O–H groups in total. The molecule has 0 aliphatic heterocycles. The number of thiazole rings is 1. The van der Waals surface area contributed by atoms with E-state index in [0.717, 1.165) is 44.0 Å². The Hall–Kier alpha value is -1.74. The Morgan fingerprint density at radius 1 is 1.07 bits per heavy atom. The molecule has 2 heterocycles. The van der Waals surface area contributed by atoms with Gasteiger partial charge in [0.15, 0.2) is 5.82 Å². The molecular weight excluding hydrogens is 401 g/mol. The summed E-state index contributed by atoms with van der Waals surface area (Å²) in [6, 6.07) is 7.45. The van der Waals surface area contributed by atoms with Crippen molar-refractivity contribution in [2.24, 2.45) is 0 Å². The molecule has 29 heavy (non-hydrogen) atoms. The average molecular weight is 425 g/mol. The second kappa shape index (κ2) is 12.1. The van der Waals surface area contributed by atoms with E-state index in [-0.39, 0.29) is 36.0 Å². The Labute approximate surface area is 195 Å². The summed E-state index contributed by atoms with van der Waals surface area (Å²) in [6.45, 7) is 0.344. The molecule has 0 fully saturated rings. The van der Waals surface area contributed by atoms with Gasteiger partial charge in [0.2, 0.25) is 0 Å². The summed E-state index contributed by atoms with van der Waals surface area (Å²) in [5, 5.41) is 10.5. The predicted octanol–water partition coefficient (Wildman–Crippen LogP) is 4.31. The van der Waals surface area contributed by atoms with Crippen LogP contribution in [-0.2, 0) is 9.53 Å². The van der Waals surface area contributed by atoms with Crippen LogP contribution >= 0.6 is 11.3 Å². The quantitative estimate of drug-likeness (QED) is 0.384. The summed E-state index contributed by atoms with van der Waals surface area (Å²) in [5.41, 5.74) is 3.79. The van der Waals surface area contributed by atoms with Crippen molar-refractivity contribution < 1.29 is 19.4 Å². The zero-order valence-corrected chi connectivity index (χ0v) is 16.4. The summed E-state index contributed by atoms with van der Waals surface area (Å²) < 4.78 is 6.96. The molecule has 0 radical (unpaired) electrons. The van der Waals surface area contributed by atoms with Crippen molar-refractivity contribution in [3.63, 3.8) is 0 Å². The third-order valence-corrected chi connectivity index (χ3v) is 5.00. The van der Waals surface area contributed by atoms with E-state index < -0.39 is 12.1 Å². The minimum atomic E-state index is -0.740. The SMILES string of the molecule is O=C(O)CCCCCCCCOC(=O)n1c(-c2cscn2)nc2ccccc21.[NaH]. The molecule has 3 rings (SSSR count). The third kappa shape index (κ3) is 6.64. The number of fused-ring (bicyclic) bond motifs is 1. The van der Waals surface area contributed by atoms with Crippen LogP contribution in [0.3, 0.4) is 0 Å². The standard InChI is InChI=1S/C20H23N3O4S.Na.H/c24-18(25)11-5-3-1-2-4-8-12-27-20(26)23-17-10-7-6-9-15(17)22-19(23)16-13-28-14-21-16;;/h6-7,9-10,13-14H,1-5,8,11-12H2,(H,24,25);;. The fraction of sp³-hybridized carbons (Fsp3) is 0.400. The molecule has 0 unspecified atom stereocenters. The molecule has 3 aromatic rings. The van der Waals surface area contributed by atoms with Crippen molar-refractivity contribution in [2.75, 3.05) is 6.61 Å². The number of aromatic nitrogens is 3. The van der Waals surface area contributed by atoms with Crippen LogP contribution in [0.1, 0.15) is 44.9 Å². The number of carboxylic acids is 1. The first-order valence-electron chi connectivity index (χ1n) is 9.42. The molecule has 2 aromatic heterocycles. The van der Waals surface area contributed by atoms with Crippen LogP contribution < -0.4 is 0 Å². The normalized spacial score (nSPS) is 10.6. The maximum atomic E-state index is 12.7. The Morgan fingerprint density at radius 2 is 1.79 bits per heavy atom. The first-order valence-corrected chi connectivity index (χ1v) is 10.4. The van der Waals surface area contributed by atoms with Gasteiger partial charge < -0.3 is 9.84 Å². The number of imidazole rings is 1. The number of para-hydroxylation sites is 2. The van der Waals surface area contributed by atoms with Gasteiger partial charge in [-0.25, -0.2) is 19.3 Å². The monoisotopic (exact) mass is 425 g/mol. The van der Waals surface area contributed by atoms with Gasteiger partial charge in [0.25, 0.3) is 0 Å². The van der Waals surface area contributed by atoms with E-state index in [2.05, 4.69) is 9.97 Å². The second-order valence-corrected chi connectivity index (χ2v) is 7.23. The molecule has 0 spiro atoms. The van der Waals surface area contributed by atoms with Gasteiger partial charge in [-0.1, -0.05) is 37.8 Å². The molecule has 9 heteroatoms. The molecule has 0 saturated carbocycles. The predicted molar refractivity (Wildman–Crippen MR) is 115 cm³/mol. The van der Waals surface area contributed by atoms with Crippen LogP contribution in [0.2, 0.25) is 0 Å². The summed E-state index contributed by atoms with van der Waals surface area (Å²) in [5.74, 6) is -0.248. The summed E-state index contributed by atoms with van der Waals surface area (Å²) in [6.07, 6.45) is 5.17. The van der Waals surface area contributed by atoms with Crippen molar-refractivity contribution >= 4 is 64.0 Å². The van der Waals surface area contributed by atoms with Crippen molar-refractivity contribution in [1.82, 2.24) is 14.5 Å². The molecule has 0 aliphatic carbocycles. The zero-order valence-electron chi connectivity index (χ0n) is 15.5. The van der Waals surface area contributed by atoms with E-state index >= 15 is 0 Å². The first kappa shape index (κ1) is 23.5. The van der Waals surface area contributed by atoms with Crippen LogP contribution in [0.4, 0.5) is 4.79 Å². The van der Waals surface area contributed by atoms with Crippen LogP contribution in [0.15, 0.2) is 35.2 Å². The number of rotatable bonds is 10. The van der Waals surface area contributed by atoms with Crippen LogP contribution in [0.25, 0.3) is 22.6 Å². The van der Waals surface area contributed by atoms with E-state index in [9.17, 15) is 9.59 Å². The first-order chi connectivity index (χ1) is 13.7. The average Bonchev–Trinajstić information content (AvgIpc) is 3.33. The Balaban J connectivity index is 0.00000300. The molecule has 0 aliphatic rings. The number of hydrogen-bond donors (Lipinski definition) is 1. The van der Waals surface area contributed by atoms with Crippen molar-refractivity contribution in [2.45, 2.75) is 44.9 Å². The molecule has 0 atom stereocenters. The number of carboxylic acid groups (broad SMARTS) is 1. The third-order valence-electron chi connectivity index (χ3n) is 4.42. The Kier molecular flexibility index (Phi) is 9.80. The number of benzene rings is 1. The van der Waals surface area contributed by atoms with Crippen molar-refractivity contribution in [3.8, 4) is 11.5 Å². The van der Waals surface area contributed by atoms with Gasteiger partial charge in [0, 0.05) is 11.8 Å². The van der Waals surface area contributed by atoms with Crippen LogP contribution in [0, 0.1) is 0 Å². The van der Waals surface area contributed by atoms with Gasteiger partial charge in [0.05, 0.1) is 23.2 Å². The molecule has 0 bridgehead atoms. The summed E-state index contributed by atoms with van der Waals surface area (Å²) in [7, 11) is 0. The molecule has 0 saturated heterocycles. The molecule has 1 aromatic carbocycles. The van der Waals surface area contributed by atoms with Crippen molar-refractivity contribution in [3.05, 3.63) is 35.2 Å². The van der Waals surface area contributed by atoms with Crippen molar-refractivity contribution in [1.29, 1.82) is 0 Å². The number of carbonyl (C=O) groups is 2. The number of carbonyl (C=O) groups excluding carboxylic acids is 1. The number of unbranched alkanes of at least 4 members (excludes halogenated alkanes) is 5. The zero-order chi connectivity index (χ0) is 19.8. The maximum absolute atomic E-state index is 12.7. The fourth-order valence-corrected chi connectivity index (χ4v) is 3.55. The Bertz CT molecular complexity index is 927. The molecule has 7 nitrogen and oxygen atoms in total.